The molecule has 1 aliphatic rings. The Morgan fingerprint density at radius 3 is 2.17 bits per heavy atom. The third-order valence-electron chi connectivity index (χ3n) is 2.09. The number of carbonyl (C=O) groups is 1. The summed E-state index contributed by atoms with van der Waals surface area (Å²) in [6, 6.07) is 0. The molecule has 1 aliphatic heterocycles. The number of hydrogen-bond acceptors (Lipinski definition) is 1. The highest BCUT2D eigenvalue weighted by atomic mass is 16.2. The molecule has 1 rings (SSSR count). The molecule has 0 aromatic rings. The fraction of sp³-hybridized carbons (Fsp3) is 0.714. The van der Waals surface area contributed by atoms with E-state index in [9.17, 15) is 4.79 Å². The maximum atomic E-state index is 10.9. The van der Waals surface area contributed by atoms with E-state index in [1.807, 2.05) is 4.58 Å². The van der Waals surface area contributed by atoms with E-state index in [1.54, 1.807) is 11.8 Å². The topological polar surface area (TPSA) is 75.4 Å². The van der Waals surface area contributed by atoms with Crippen LogP contribution >= 0.6 is 0 Å². The molecule has 4 N–H and O–H groups in total. The van der Waals surface area contributed by atoms with Crippen LogP contribution in [0.2, 0.25) is 0 Å². The van der Waals surface area contributed by atoms with Crippen molar-refractivity contribution < 1.29 is 9.37 Å². The van der Waals surface area contributed by atoms with Crippen LogP contribution in [0.15, 0.2) is 0 Å². The van der Waals surface area contributed by atoms with E-state index in [0.717, 1.165) is 13.1 Å². The van der Waals surface area contributed by atoms with Crippen LogP contribution in [0, 0.1) is 0 Å². The number of carbonyl (C=O) groups excluding carboxylic acids is 1. The van der Waals surface area contributed by atoms with Gasteiger partial charge in [0.15, 0.2) is 0 Å². The second-order valence-electron chi connectivity index (χ2n) is 2.92. The maximum absolute atomic E-state index is 10.9. The van der Waals surface area contributed by atoms with Crippen molar-refractivity contribution in [1.82, 2.24) is 4.90 Å². The van der Waals surface area contributed by atoms with E-state index in [0.29, 0.717) is 19.0 Å². The third kappa shape index (κ3) is 1.87. The van der Waals surface area contributed by atoms with Crippen molar-refractivity contribution in [3.05, 3.63) is 0 Å². The summed E-state index contributed by atoms with van der Waals surface area (Å²) in [7, 11) is 0. The van der Waals surface area contributed by atoms with Crippen molar-refractivity contribution in [3.63, 3.8) is 0 Å². The first-order valence-corrected chi connectivity index (χ1v) is 3.99. The zero-order chi connectivity index (χ0) is 9.14. The molecular formula is C7H15N4O+. The molecule has 0 unspecified atom stereocenters. The van der Waals surface area contributed by atoms with Crippen LogP contribution in [-0.4, -0.2) is 47.5 Å². The molecule has 1 saturated heterocycles. The van der Waals surface area contributed by atoms with Gasteiger partial charge in [-0.2, -0.15) is 0 Å². The lowest BCUT2D eigenvalue weighted by Crippen LogP contribution is -2.49. The fourth-order valence-corrected chi connectivity index (χ4v) is 1.28. The molecular weight excluding hydrogens is 156 g/mol. The average Bonchev–Trinajstić information content (AvgIpc) is 2.04. The largest absolute Gasteiger partial charge is 0.341 e. The van der Waals surface area contributed by atoms with Gasteiger partial charge in [-0.1, -0.05) is 0 Å². The monoisotopic (exact) mass is 171 g/mol. The van der Waals surface area contributed by atoms with E-state index >= 15 is 0 Å². The van der Waals surface area contributed by atoms with Gasteiger partial charge in [0.2, 0.25) is 5.91 Å². The highest BCUT2D eigenvalue weighted by Crippen LogP contribution is 1.96. The number of hydrogen-bond donors (Lipinski definition) is 2. The van der Waals surface area contributed by atoms with Crippen molar-refractivity contribution in [2.45, 2.75) is 6.92 Å². The van der Waals surface area contributed by atoms with Crippen molar-refractivity contribution in [2.24, 2.45) is 11.5 Å². The standard InChI is InChI=1S/C7H14N4O/c1-6(12)10-2-4-11(5-3-10)7(8)9/h2-5H2,1H3,(H3,8,9)/p+1. The molecule has 0 aromatic heterocycles. The quantitative estimate of drug-likeness (QED) is 0.331. The highest BCUT2D eigenvalue weighted by Gasteiger charge is 2.17. The van der Waals surface area contributed by atoms with E-state index < -0.39 is 0 Å². The van der Waals surface area contributed by atoms with Gasteiger partial charge < -0.3 is 4.90 Å². The summed E-state index contributed by atoms with van der Waals surface area (Å²) in [5.74, 6) is 0.462. The lowest BCUT2D eigenvalue weighted by molar-refractivity contribution is -0.539. The molecule has 0 atom stereocenters. The average molecular weight is 171 g/mol. The minimum atomic E-state index is 0.116. The van der Waals surface area contributed by atoms with Crippen LogP contribution in [0.1, 0.15) is 6.92 Å². The number of amides is 1. The van der Waals surface area contributed by atoms with Crippen molar-refractivity contribution in [1.29, 1.82) is 0 Å². The number of nitrogens with two attached hydrogens (primary N) is 2. The summed E-state index contributed by atoms with van der Waals surface area (Å²) in [5, 5.41) is 0. The Morgan fingerprint density at radius 1 is 1.33 bits per heavy atom. The van der Waals surface area contributed by atoms with Crippen LogP contribution in [0.4, 0.5) is 0 Å². The van der Waals surface area contributed by atoms with Gasteiger partial charge in [-0.05, 0) is 0 Å². The van der Waals surface area contributed by atoms with E-state index in [-0.39, 0.29) is 5.91 Å². The summed E-state index contributed by atoms with van der Waals surface area (Å²) in [6.07, 6.45) is 0. The summed E-state index contributed by atoms with van der Waals surface area (Å²) in [4.78, 5) is 12.7. The Kier molecular flexibility index (Phi) is 2.52. The molecule has 0 bridgehead atoms. The normalized spacial score (nSPS) is 17.8. The maximum Gasteiger partial charge on any atom is 0.341 e. The molecule has 68 valence electrons. The Hall–Kier alpha value is -1.26. The first-order chi connectivity index (χ1) is 5.61. The molecule has 5 heteroatoms. The minimum Gasteiger partial charge on any atom is -0.337 e. The van der Waals surface area contributed by atoms with Crippen molar-refractivity contribution >= 4 is 11.9 Å². The van der Waals surface area contributed by atoms with Gasteiger partial charge in [-0.15, -0.1) is 0 Å². The van der Waals surface area contributed by atoms with Gasteiger partial charge in [-0.3, -0.25) is 20.8 Å². The molecule has 1 heterocycles. The SMILES string of the molecule is CC(=O)N1CC[N+](=C(N)N)CC1. The molecule has 0 aliphatic carbocycles. The van der Waals surface area contributed by atoms with Gasteiger partial charge in [0.1, 0.15) is 0 Å². The predicted molar refractivity (Wildman–Crippen MR) is 45.6 cm³/mol. The van der Waals surface area contributed by atoms with E-state index in [2.05, 4.69) is 0 Å². The smallest absolute Gasteiger partial charge is 0.337 e. The summed E-state index contributed by atoms with van der Waals surface area (Å²) in [6.45, 7) is 4.48. The summed E-state index contributed by atoms with van der Waals surface area (Å²) in [5.41, 5.74) is 10.8. The molecule has 0 spiro atoms. The highest BCUT2D eigenvalue weighted by molar-refractivity contribution is 5.73. The van der Waals surface area contributed by atoms with Gasteiger partial charge in [0.25, 0.3) is 0 Å². The van der Waals surface area contributed by atoms with Gasteiger partial charge in [0.05, 0.1) is 26.2 Å². The van der Waals surface area contributed by atoms with Crippen molar-refractivity contribution in [3.8, 4) is 0 Å². The first-order valence-electron chi connectivity index (χ1n) is 3.99. The zero-order valence-electron chi connectivity index (χ0n) is 7.29. The van der Waals surface area contributed by atoms with Crippen molar-refractivity contribution in [2.75, 3.05) is 26.2 Å². The molecule has 0 saturated carbocycles. The molecule has 12 heavy (non-hydrogen) atoms. The lowest BCUT2D eigenvalue weighted by atomic mass is 10.3. The molecule has 5 nitrogen and oxygen atoms in total. The Balaban J connectivity index is 2.51. The molecule has 0 aromatic carbocycles. The van der Waals surface area contributed by atoms with Crippen LogP contribution < -0.4 is 11.5 Å². The molecule has 1 fully saturated rings. The molecule has 0 radical (unpaired) electrons. The van der Waals surface area contributed by atoms with Crippen LogP contribution in [0.5, 0.6) is 0 Å². The third-order valence-corrected chi connectivity index (χ3v) is 2.09. The van der Waals surface area contributed by atoms with Gasteiger partial charge in [-0.25, -0.2) is 0 Å². The predicted octanol–water partition coefficient (Wildman–Crippen LogP) is -1.87. The van der Waals surface area contributed by atoms with E-state index in [1.165, 1.54) is 0 Å². The van der Waals surface area contributed by atoms with Crippen LogP contribution in [-0.2, 0) is 4.79 Å². The summed E-state index contributed by atoms with van der Waals surface area (Å²) < 4.78 is 1.87. The second kappa shape index (κ2) is 3.42. The second-order valence-corrected chi connectivity index (χ2v) is 2.92. The van der Waals surface area contributed by atoms with Gasteiger partial charge >= 0.3 is 5.96 Å². The lowest BCUT2D eigenvalue weighted by Gasteiger charge is -2.26. The summed E-state index contributed by atoms with van der Waals surface area (Å²) >= 11 is 0. The Labute approximate surface area is 71.6 Å². The van der Waals surface area contributed by atoms with E-state index in [4.69, 9.17) is 11.5 Å². The minimum absolute atomic E-state index is 0.116. The first kappa shape index (κ1) is 8.83. The van der Waals surface area contributed by atoms with Crippen LogP contribution in [0.25, 0.3) is 0 Å². The number of guanidine groups is 1. The van der Waals surface area contributed by atoms with Gasteiger partial charge in [0, 0.05) is 6.92 Å². The number of piperazine rings is 1. The molecule has 1 amide bonds. The number of rotatable bonds is 0. The Bertz CT molecular complexity index is 209. The van der Waals surface area contributed by atoms with Crippen LogP contribution in [0.3, 0.4) is 0 Å². The number of nitrogens with zero attached hydrogens (tertiary/aromatic N) is 2. The Morgan fingerprint density at radius 2 is 1.83 bits per heavy atom. The fourth-order valence-electron chi connectivity index (χ4n) is 1.28. The zero-order valence-corrected chi connectivity index (χ0v) is 7.29.